The van der Waals surface area contributed by atoms with Crippen LogP contribution in [0.15, 0.2) is 30.3 Å². The van der Waals surface area contributed by atoms with Crippen LogP contribution in [-0.2, 0) is 29.4 Å². The van der Waals surface area contributed by atoms with E-state index in [1.807, 2.05) is 6.07 Å². The van der Waals surface area contributed by atoms with Gasteiger partial charge in [-0.3, -0.25) is 0 Å². The molecule has 2 unspecified atom stereocenters. The summed E-state index contributed by atoms with van der Waals surface area (Å²) in [4.78, 5) is 24.1. The van der Waals surface area contributed by atoms with Gasteiger partial charge in [0, 0.05) is 0 Å². The first-order valence-electron chi connectivity index (χ1n) is 6.63. The van der Waals surface area contributed by atoms with Crippen LogP contribution in [0.5, 0.6) is 0 Å². The van der Waals surface area contributed by atoms with Gasteiger partial charge in [-0.25, -0.2) is 9.59 Å². The van der Waals surface area contributed by atoms with Gasteiger partial charge in [0.15, 0.2) is 0 Å². The molecule has 0 saturated carbocycles. The zero-order valence-electron chi connectivity index (χ0n) is 11.8. The molecule has 0 N–H and O–H groups in total. The van der Waals surface area contributed by atoms with E-state index in [0.29, 0.717) is 5.56 Å². The molecule has 0 radical (unpaired) electrons. The van der Waals surface area contributed by atoms with Gasteiger partial charge in [0.1, 0.15) is 0 Å². The first-order chi connectivity index (χ1) is 9.52. The Morgan fingerprint density at radius 2 is 1.95 bits per heavy atom. The summed E-state index contributed by atoms with van der Waals surface area (Å²) in [5, 5.41) is 0. The Morgan fingerprint density at radius 3 is 2.50 bits per heavy atom. The predicted octanol–water partition coefficient (Wildman–Crippen LogP) is 1.80. The van der Waals surface area contributed by atoms with Gasteiger partial charge >= 0.3 is 11.9 Å². The fourth-order valence-corrected chi connectivity index (χ4v) is 2.08. The Balaban J connectivity index is 2.26. The van der Waals surface area contributed by atoms with Crippen LogP contribution >= 0.6 is 0 Å². The van der Waals surface area contributed by atoms with Crippen molar-refractivity contribution in [2.45, 2.75) is 38.6 Å². The van der Waals surface area contributed by atoms with Crippen LogP contribution in [0.4, 0.5) is 0 Å². The van der Waals surface area contributed by atoms with Gasteiger partial charge in [-0.15, -0.1) is 0 Å². The van der Waals surface area contributed by atoms with E-state index >= 15 is 0 Å². The number of rotatable bonds is 5. The molecule has 0 amide bonds. The highest BCUT2D eigenvalue weighted by molar-refractivity contribution is 5.95. The molecule has 1 aromatic carbocycles. The van der Waals surface area contributed by atoms with Crippen molar-refractivity contribution in [3.63, 3.8) is 0 Å². The lowest BCUT2D eigenvalue weighted by atomic mass is 9.95. The zero-order chi connectivity index (χ0) is 14.8. The lowest BCUT2D eigenvalue weighted by Gasteiger charge is -2.12. The van der Waals surface area contributed by atoms with Gasteiger partial charge in [0.05, 0.1) is 12.7 Å². The van der Waals surface area contributed by atoms with E-state index in [9.17, 15) is 9.59 Å². The third kappa shape index (κ3) is 2.54. The van der Waals surface area contributed by atoms with Crippen molar-refractivity contribution >= 4 is 11.9 Å². The van der Waals surface area contributed by atoms with E-state index in [2.05, 4.69) is 0 Å². The Labute approximate surface area is 117 Å². The fourth-order valence-electron chi connectivity index (χ4n) is 2.08. The van der Waals surface area contributed by atoms with Crippen LogP contribution in [0.3, 0.4) is 0 Å². The molecule has 1 aliphatic rings. The minimum Gasteiger partial charge on any atom is -0.463 e. The summed E-state index contributed by atoms with van der Waals surface area (Å²) in [5.41, 5.74) is -0.757. The Hall–Kier alpha value is -1.88. The molecule has 0 aliphatic carbocycles. The highest BCUT2D eigenvalue weighted by atomic mass is 16.7. The van der Waals surface area contributed by atoms with Crippen molar-refractivity contribution in [2.75, 3.05) is 6.61 Å². The summed E-state index contributed by atoms with van der Waals surface area (Å²) in [7, 11) is 0. The molecule has 5 nitrogen and oxygen atoms in total. The maximum atomic E-state index is 12.2. The van der Waals surface area contributed by atoms with Crippen molar-refractivity contribution < 1.29 is 23.8 Å². The standard InChI is InChI=1S/C15H18O5/c1-4-18-14(17)15(11-8-6-5-7-9-11)12(20-15)13(16)19-10(2)3/h5-10,12H,4H2,1-3H3. The van der Waals surface area contributed by atoms with Crippen molar-refractivity contribution in [3.8, 4) is 0 Å². The summed E-state index contributed by atoms with van der Waals surface area (Å²) < 4.78 is 15.6. The van der Waals surface area contributed by atoms with E-state index in [0.717, 1.165) is 0 Å². The Bertz CT molecular complexity index is 496. The Kier molecular flexibility index (Phi) is 4.09. The van der Waals surface area contributed by atoms with Gasteiger partial charge in [0.2, 0.25) is 11.7 Å². The van der Waals surface area contributed by atoms with Gasteiger partial charge < -0.3 is 14.2 Å². The smallest absolute Gasteiger partial charge is 0.346 e. The topological polar surface area (TPSA) is 65.1 Å². The van der Waals surface area contributed by atoms with Crippen LogP contribution in [0.2, 0.25) is 0 Å². The van der Waals surface area contributed by atoms with Crippen molar-refractivity contribution in [1.29, 1.82) is 0 Å². The van der Waals surface area contributed by atoms with Crippen LogP contribution in [-0.4, -0.2) is 30.8 Å². The molecule has 5 heteroatoms. The summed E-state index contributed by atoms with van der Waals surface area (Å²) >= 11 is 0. The monoisotopic (exact) mass is 278 g/mol. The second-order valence-electron chi connectivity index (χ2n) is 4.81. The van der Waals surface area contributed by atoms with Gasteiger partial charge in [-0.05, 0) is 26.3 Å². The molecule has 1 aromatic rings. The second kappa shape index (κ2) is 5.63. The molecule has 1 aliphatic heterocycles. The molecule has 108 valence electrons. The van der Waals surface area contributed by atoms with Crippen molar-refractivity contribution in [3.05, 3.63) is 35.9 Å². The second-order valence-corrected chi connectivity index (χ2v) is 4.81. The van der Waals surface area contributed by atoms with E-state index < -0.39 is 23.6 Å². The van der Waals surface area contributed by atoms with E-state index in [1.165, 1.54) is 0 Å². The molecule has 1 heterocycles. The molecule has 2 rings (SSSR count). The third-order valence-electron chi connectivity index (χ3n) is 2.96. The van der Waals surface area contributed by atoms with Crippen molar-refractivity contribution in [1.82, 2.24) is 0 Å². The van der Waals surface area contributed by atoms with Crippen LogP contribution in [0.25, 0.3) is 0 Å². The maximum absolute atomic E-state index is 12.2. The number of hydrogen-bond donors (Lipinski definition) is 0. The highest BCUT2D eigenvalue weighted by Crippen LogP contribution is 2.48. The lowest BCUT2D eigenvalue weighted by molar-refractivity contribution is -0.152. The largest absolute Gasteiger partial charge is 0.463 e. The number of carbonyl (C=O) groups is 2. The summed E-state index contributed by atoms with van der Waals surface area (Å²) in [6.07, 6.45) is -1.20. The first-order valence-corrected chi connectivity index (χ1v) is 6.63. The lowest BCUT2D eigenvalue weighted by Crippen LogP contribution is -2.31. The molecular formula is C15H18O5. The average molecular weight is 278 g/mol. The minimum absolute atomic E-state index is 0.225. The minimum atomic E-state index is -1.36. The molecule has 0 spiro atoms. The average Bonchev–Trinajstić information content (AvgIpc) is 3.16. The van der Waals surface area contributed by atoms with Gasteiger partial charge in [0.25, 0.3) is 0 Å². The number of carbonyl (C=O) groups excluding carboxylic acids is 2. The summed E-state index contributed by atoms with van der Waals surface area (Å²) in [5.74, 6) is -1.10. The maximum Gasteiger partial charge on any atom is 0.346 e. The number of hydrogen-bond acceptors (Lipinski definition) is 5. The molecule has 1 fully saturated rings. The normalized spacial score (nSPS) is 24.3. The predicted molar refractivity (Wildman–Crippen MR) is 70.9 cm³/mol. The van der Waals surface area contributed by atoms with E-state index in [-0.39, 0.29) is 12.7 Å². The third-order valence-corrected chi connectivity index (χ3v) is 2.96. The molecule has 1 saturated heterocycles. The van der Waals surface area contributed by atoms with Gasteiger partial charge in [-0.1, -0.05) is 30.3 Å². The highest BCUT2D eigenvalue weighted by Gasteiger charge is 2.69. The number of benzene rings is 1. The summed E-state index contributed by atoms with van der Waals surface area (Å²) in [6, 6.07) is 8.86. The quantitative estimate of drug-likeness (QED) is 0.607. The summed E-state index contributed by atoms with van der Waals surface area (Å²) in [6.45, 7) is 5.42. The Morgan fingerprint density at radius 1 is 1.30 bits per heavy atom. The molecular weight excluding hydrogens is 260 g/mol. The number of epoxide rings is 1. The van der Waals surface area contributed by atoms with Crippen LogP contribution in [0.1, 0.15) is 26.3 Å². The van der Waals surface area contributed by atoms with E-state index in [4.69, 9.17) is 14.2 Å². The molecule has 0 aromatic heterocycles. The number of esters is 2. The molecule has 20 heavy (non-hydrogen) atoms. The van der Waals surface area contributed by atoms with Crippen LogP contribution < -0.4 is 0 Å². The fraction of sp³-hybridized carbons (Fsp3) is 0.467. The van der Waals surface area contributed by atoms with Gasteiger partial charge in [-0.2, -0.15) is 0 Å². The SMILES string of the molecule is CCOC(=O)C1(c2ccccc2)OC1C(=O)OC(C)C. The number of ether oxygens (including phenoxy) is 3. The van der Waals surface area contributed by atoms with Crippen LogP contribution in [0, 0.1) is 0 Å². The first kappa shape index (κ1) is 14.5. The zero-order valence-corrected chi connectivity index (χ0v) is 11.8. The van der Waals surface area contributed by atoms with Crippen molar-refractivity contribution in [2.24, 2.45) is 0 Å². The molecule has 0 bridgehead atoms. The molecule has 2 atom stereocenters. The van der Waals surface area contributed by atoms with E-state index in [1.54, 1.807) is 45.0 Å².